The molecule has 0 radical (unpaired) electrons. The Labute approximate surface area is 128 Å². The average Bonchev–Trinajstić information content (AvgIpc) is 3.01. The molecule has 0 aliphatic heterocycles. The third kappa shape index (κ3) is 3.79. The first kappa shape index (κ1) is 15.4. The molecule has 112 valence electrons. The zero-order chi connectivity index (χ0) is 15.4. The fourth-order valence-electron chi connectivity index (χ4n) is 1.50. The number of tetrazole rings is 1. The molecule has 0 spiro atoms. The van der Waals surface area contributed by atoms with Gasteiger partial charge in [0.2, 0.25) is 11.1 Å². The Morgan fingerprint density at radius 1 is 1.52 bits per heavy atom. The number of thiophene rings is 1. The zero-order valence-corrected chi connectivity index (χ0v) is 13.2. The van der Waals surface area contributed by atoms with Crippen LogP contribution in [0, 0.1) is 6.92 Å². The van der Waals surface area contributed by atoms with Gasteiger partial charge in [-0.1, -0.05) is 11.8 Å². The van der Waals surface area contributed by atoms with Crippen molar-refractivity contribution in [2.45, 2.75) is 12.1 Å². The van der Waals surface area contributed by atoms with Crippen LogP contribution < -0.4 is 5.32 Å². The number of esters is 1. The van der Waals surface area contributed by atoms with Gasteiger partial charge in [0.05, 0.1) is 18.4 Å². The van der Waals surface area contributed by atoms with E-state index < -0.39 is 5.97 Å². The molecule has 2 aromatic rings. The molecule has 0 saturated carbocycles. The fraction of sp³-hybridized carbons (Fsp3) is 0.364. The Morgan fingerprint density at radius 2 is 2.29 bits per heavy atom. The first-order chi connectivity index (χ1) is 10.0. The van der Waals surface area contributed by atoms with Crippen molar-refractivity contribution in [3.05, 3.63) is 16.5 Å². The first-order valence-electron chi connectivity index (χ1n) is 5.85. The number of carbonyl (C=O) groups excluding carboxylic acids is 2. The van der Waals surface area contributed by atoms with E-state index in [0.717, 1.165) is 4.88 Å². The van der Waals surface area contributed by atoms with E-state index in [1.165, 1.54) is 34.9 Å². The van der Waals surface area contributed by atoms with Gasteiger partial charge in [-0.05, 0) is 23.4 Å². The molecular formula is C11H13N5O3S2. The van der Waals surface area contributed by atoms with Crippen molar-refractivity contribution < 1.29 is 14.3 Å². The summed E-state index contributed by atoms with van der Waals surface area (Å²) in [4.78, 5) is 24.5. The highest BCUT2D eigenvalue weighted by molar-refractivity contribution is 7.99. The van der Waals surface area contributed by atoms with E-state index in [1.54, 1.807) is 13.1 Å². The van der Waals surface area contributed by atoms with Crippen LogP contribution in [-0.4, -0.2) is 44.9 Å². The molecule has 8 nitrogen and oxygen atoms in total. The Hall–Kier alpha value is -1.94. The van der Waals surface area contributed by atoms with E-state index in [2.05, 4.69) is 25.6 Å². The highest BCUT2D eigenvalue weighted by Gasteiger charge is 2.17. The highest BCUT2D eigenvalue weighted by atomic mass is 32.2. The molecule has 2 rings (SSSR count). The van der Waals surface area contributed by atoms with Gasteiger partial charge in [-0.25, -0.2) is 9.48 Å². The quantitative estimate of drug-likeness (QED) is 0.648. The molecule has 0 atom stereocenters. The second-order valence-electron chi connectivity index (χ2n) is 4.01. The Balaban J connectivity index is 2.00. The number of rotatable bonds is 5. The topological polar surface area (TPSA) is 99.0 Å². The predicted molar refractivity (Wildman–Crippen MR) is 78.5 cm³/mol. The van der Waals surface area contributed by atoms with Crippen molar-refractivity contribution in [2.75, 3.05) is 18.2 Å². The number of aryl methyl sites for hydroxylation is 2. The maximum Gasteiger partial charge on any atom is 0.340 e. The number of aromatic nitrogens is 4. The van der Waals surface area contributed by atoms with Crippen molar-refractivity contribution in [3.63, 3.8) is 0 Å². The number of thioether (sulfide) groups is 1. The lowest BCUT2D eigenvalue weighted by atomic mass is 10.3. The van der Waals surface area contributed by atoms with Gasteiger partial charge in [0.25, 0.3) is 0 Å². The molecule has 0 unspecified atom stereocenters. The van der Waals surface area contributed by atoms with Crippen LogP contribution in [-0.2, 0) is 16.6 Å². The van der Waals surface area contributed by atoms with Crippen LogP contribution in [0.5, 0.6) is 0 Å². The predicted octanol–water partition coefficient (Wildman–Crippen LogP) is 1.10. The lowest BCUT2D eigenvalue weighted by molar-refractivity contribution is -0.113. The number of hydrogen-bond donors (Lipinski definition) is 1. The summed E-state index contributed by atoms with van der Waals surface area (Å²) in [6.07, 6.45) is 0. The average molecular weight is 327 g/mol. The number of anilines is 1. The summed E-state index contributed by atoms with van der Waals surface area (Å²) in [5.41, 5.74) is 0.360. The van der Waals surface area contributed by atoms with E-state index in [1.807, 2.05) is 6.92 Å². The number of nitrogens with one attached hydrogen (secondary N) is 1. The maximum atomic E-state index is 11.9. The van der Waals surface area contributed by atoms with Crippen molar-refractivity contribution in [3.8, 4) is 0 Å². The lowest BCUT2D eigenvalue weighted by Crippen LogP contribution is -2.16. The molecule has 0 fully saturated rings. The van der Waals surface area contributed by atoms with Crippen molar-refractivity contribution in [2.24, 2.45) is 7.05 Å². The van der Waals surface area contributed by atoms with Crippen molar-refractivity contribution in [1.82, 2.24) is 20.2 Å². The first-order valence-corrected chi connectivity index (χ1v) is 7.65. The van der Waals surface area contributed by atoms with E-state index >= 15 is 0 Å². The molecule has 21 heavy (non-hydrogen) atoms. The van der Waals surface area contributed by atoms with Crippen molar-refractivity contribution >= 4 is 40.0 Å². The summed E-state index contributed by atoms with van der Waals surface area (Å²) < 4.78 is 6.17. The van der Waals surface area contributed by atoms with Crippen LogP contribution >= 0.6 is 23.1 Å². The summed E-state index contributed by atoms with van der Waals surface area (Å²) in [5, 5.41) is 14.7. The fourth-order valence-corrected chi connectivity index (χ4v) is 3.07. The normalized spacial score (nSPS) is 10.4. The number of methoxy groups -OCH3 is 1. The van der Waals surface area contributed by atoms with E-state index in [0.29, 0.717) is 15.7 Å². The number of ether oxygens (including phenoxy) is 1. The Morgan fingerprint density at radius 3 is 2.90 bits per heavy atom. The zero-order valence-electron chi connectivity index (χ0n) is 11.6. The molecule has 0 bridgehead atoms. The molecule has 0 saturated heterocycles. The van der Waals surface area contributed by atoms with Gasteiger partial charge < -0.3 is 10.1 Å². The summed E-state index contributed by atoms with van der Waals surface area (Å²) in [7, 11) is 3.00. The van der Waals surface area contributed by atoms with Gasteiger partial charge in [0.15, 0.2) is 0 Å². The van der Waals surface area contributed by atoms with Crippen LogP contribution in [0.1, 0.15) is 15.2 Å². The van der Waals surface area contributed by atoms with Crippen molar-refractivity contribution in [1.29, 1.82) is 0 Å². The summed E-state index contributed by atoms with van der Waals surface area (Å²) in [6.45, 7) is 1.85. The van der Waals surface area contributed by atoms with Crippen LogP contribution in [0.2, 0.25) is 0 Å². The molecule has 0 aliphatic rings. The summed E-state index contributed by atoms with van der Waals surface area (Å²) in [6, 6.07) is 1.69. The Bertz CT molecular complexity index is 667. The highest BCUT2D eigenvalue weighted by Crippen LogP contribution is 2.28. The minimum Gasteiger partial charge on any atom is -0.465 e. The smallest absolute Gasteiger partial charge is 0.340 e. The molecule has 2 heterocycles. The van der Waals surface area contributed by atoms with Crippen LogP contribution in [0.3, 0.4) is 0 Å². The molecular weight excluding hydrogens is 314 g/mol. The minimum absolute atomic E-state index is 0.145. The van der Waals surface area contributed by atoms with E-state index in [-0.39, 0.29) is 11.7 Å². The molecule has 0 aliphatic carbocycles. The monoisotopic (exact) mass is 327 g/mol. The second kappa shape index (κ2) is 6.68. The third-order valence-electron chi connectivity index (χ3n) is 2.43. The van der Waals surface area contributed by atoms with E-state index in [4.69, 9.17) is 0 Å². The maximum absolute atomic E-state index is 11.9. The number of carbonyl (C=O) groups is 2. The molecule has 10 heteroatoms. The number of nitrogens with zero attached hydrogens (tertiary/aromatic N) is 4. The summed E-state index contributed by atoms with van der Waals surface area (Å²) in [5.74, 6) is -0.569. The van der Waals surface area contributed by atoms with Crippen LogP contribution in [0.4, 0.5) is 5.00 Å². The molecule has 1 N–H and O–H groups in total. The van der Waals surface area contributed by atoms with Gasteiger partial charge in [0.1, 0.15) is 5.00 Å². The van der Waals surface area contributed by atoms with Crippen LogP contribution in [0.25, 0.3) is 0 Å². The number of hydrogen-bond acceptors (Lipinski definition) is 8. The molecule has 0 aromatic carbocycles. The third-order valence-corrected chi connectivity index (χ3v) is 4.40. The Kier molecular flexibility index (Phi) is 4.91. The molecule has 1 amide bonds. The van der Waals surface area contributed by atoms with Gasteiger partial charge in [0, 0.05) is 11.9 Å². The van der Waals surface area contributed by atoms with Crippen LogP contribution in [0.15, 0.2) is 11.2 Å². The van der Waals surface area contributed by atoms with Gasteiger partial charge in [-0.3, -0.25) is 4.79 Å². The van der Waals surface area contributed by atoms with Gasteiger partial charge >= 0.3 is 5.97 Å². The number of amides is 1. The second-order valence-corrected chi connectivity index (χ2v) is 6.21. The molecule has 2 aromatic heterocycles. The van der Waals surface area contributed by atoms with Gasteiger partial charge in [-0.15, -0.1) is 16.4 Å². The minimum atomic E-state index is -0.472. The summed E-state index contributed by atoms with van der Waals surface area (Å²) >= 11 is 2.54. The van der Waals surface area contributed by atoms with Gasteiger partial charge in [-0.2, -0.15) is 0 Å². The standard InChI is InChI=1S/C11H13N5O3S2/c1-6-4-7(10(18)19-3)9(21-6)12-8(17)5-20-11-13-14-15-16(11)2/h4H,5H2,1-3H3,(H,12,17). The SMILES string of the molecule is COC(=O)c1cc(C)sc1NC(=O)CSc1nnnn1C. The van der Waals surface area contributed by atoms with E-state index in [9.17, 15) is 9.59 Å². The largest absolute Gasteiger partial charge is 0.465 e. The lowest BCUT2D eigenvalue weighted by Gasteiger charge is -2.04.